The van der Waals surface area contributed by atoms with E-state index in [-0.39, 0.29) is 0 Å². The van der Waals surface area contributed by atoms with Crippen molar-refractivity contribution in [1.82, 2.24) is 0 Å². The summed E-state index contributed by atoms with van der Waals surface area (Å²) in [4.78, 5) is 2.34. The molecular weight excluding hydrogens is 172 g/mol. The number of hydrogen-bond acceptors (Lipinski definition) is 2. The van der Waals surface area contributed by atoms with E-state index in [1.165, 1.54) is 11.3 Å². The smallest absolute Gasteiger partial charge is 0.0629 e. The van der Waals surface area contributed by atoms with Gasteiger partial charge in [0.1, 0.15) is 0 Å². The minimum atomic E-state index is 0.889. The van der Waals surface area contributed by atoms with Crippen molar-refractivity contribution < 1.29 is 0 Å². The Morgan fingerprint density at radius 3 is 2.50 bits per heavy atom. The summed E-state index contributed by atoms with van der Waals surface area (Å²) in [5, 5.41) is 0. The largest absolute Gasteiger partial charge is 0.397 e. The molecule has 1 rings (SSSR count). The third-order valence-electron chi connectivity index (χ3n) is 2.46. The number of nitrogen functional groups attached to an aromatic ring is 1. The van der Waals surface area contributed by atoms with Gasteiger partial charge in [0.05, 0.1) is 11.4 Å². The average molecular weight is 192 g/mol. The van der Waals surface area contributed by atoms with Crippen molar-refractivity contribution in [2.45, 2.75) is 27.2 Å². The molecule has 0 fully saturated rings. The minimum absolute atomic E-state index is 0.889. The van der Waals surface area contributed by atoms with Crippen LogP contribution in [0.4, 0.5) is 11.4 Å². The van der Waals surface area contributed by atoms with Crippen LogP contribution in [-0.4, -0.2) is 13.1 Å². The molecule has 0 unspecified atom stereocenters. The molecule has 0 aromatic heterocycles. The first kappa shape index (κ1) is 10.9. The van der Waals surface area contributed by atoms with Crippen LogP contribution in [-0.2, 0) is 0 Å². The lowest BCUT2D eigenvalue weighted by Gasteiger charge is -2.25. The van der Waals surface area contributed by atoms with Crippen molar-refractivity contribution in [3.63, 3.8) is 0 Å². The van der Waals surface area contributed by atoms with E-state index in [1.54, 1.807) is 0 Å². The van der Waals surface area contributed by atoms with Gasteiger partial charge in [-0.15, -0.1) is 0 Å². The van der Waals surface area contributed by atoms with Crippen molar-refractivity contribution in [3.8, 4) is 0 Å². The third-order valence-corrected chi connectivity index (χ3v) is 2.46. The van der Waals surface area contributed by atoms with E-state index in [9.17, 15) is 0 Å². The van der Waals surface area contributed by atoms with Crippen LogP contribution in [0.2, 0.25) is 0 Å². The topological polar surface area (TPSA) is 29.3 Å². The van der Waals surface area contributed by atoms with Gasteiger partial charge in [0, 0.05) is 13.1 Å². The number of para-hydroxylation sites is 1. The molecule has 1 aromatic rings. The molecule has 0 spiro atoms. The summed E-state index contributed by atoms with van der Waals surface area (Å²) < 4.78 is 0. The first-order valence-electron chi connectivity index (χ1n) is 5.30. The summed E-state index contributed by atoms with van der Waals surface area (Å²) >= 11 is 0. The maximum absolute atomic E-state index is 5.99. The Labute approximate surface area is 86.7 Å². The molecule has 2 N–H and O–H groups in total. The van der Waals surface area contributed by atoms with Crippen LogP contribution in [0.15, 0.2) is 18.2 Å². The molecule has 2 nitrogen and oxygen atoms in total. The fourth-order valence-electron chi connectivity index (χ4n) is 1.81. The molecule has 0 saturated heterocycles. The average Bonchev–Trinajstić information content (AvgIpc) is 2.16. The number of anilines is 2. The first-order valence-corrected chi connectivity index (χ1v) is 5.30. The number of nitrogens with two attached hydrogens (primary N) is 1. The van der Waals surface area contributed by atoms with E-state index >= 15 is 0 Å². The van der Waals surface area contributed by atoms with Crippen LogP contribution in [0, 0.1) is 6.92 Å². The van der Waals surface area contributed by atoms with Gasteiger partial charge in [-0.1, -0.05) is 19.1 Å². The van der Waals surface area contributed by atoms with Crippen molar-refractivity contribution >= 4 is 11.4 Å². The van der Waals surface area contributed by atoms with Crippen molar-refractivity contribution in [2.75, 3.05) is 23.7 Å². The third kappa shape index (κ3) is 2.19. The lowest BCUT2D eigenvalue weighted by molar-refractivity contribution is 0.790. The maximum atomic E-state index is 5.99. The molecule has 2 heteroatoms. The fourth-order valence-corrected chi connectivity index (χ4v) is 1.81. The monoisotopic (exact) mass is 192 g/mol. The zero-order valence-corrected chi connectivity index (χ0v) is 9.38. The molecule has 0 saturated carbocycles. The maximum Gasteiger partial charge on any atom is 0.0629 e. The van der Waals surface area contributed by atoms with Gasteiger partial charge in [0.15, 0.2) is 0 Å². The Kier molecular flexibility index (Phi) is 3.81. The van der Waals surface area contributed by atoms with Crippen molar-refractivity contribution in [2.24, 2.45) is 0 Å². The summed E-state index contributed by atoms with van der Waals surface area (Å²) in [5.74, 6) is 0. The SMILES string of the molecule is CCCN(CC)c1c(C)cccc1N. The van der Waals surface area contributed by atoms with E-state index in [1.807, 2.05) is 12.1 Å². The quantitative estimate of drug-likeness (QED) is 0.743. The van der Waals surface area contributed by atoms with Crippen LogP contribution in [0.3, 0.4) is 0 Å². The van der Waals surface area contributed by atoms with Crippen LogP contribution in [0.25, 0.3) is 0 Å². The highest BCUT2D eigenvalue weighted by Gasteiger charge is 2.09. The van der Waals surface area contributed by atoms with Crippen LogP contribution in [0.1, 0.15) is 25.8 Å². The van der Waals surface area contributed by atoms with Crippen LogP contribution >= 0.6 is 0 Å². The van der Waals surface area contributed by atoms with E-state index in [0.29, 0.717) is 0 Å². The van der Waals surface area contributed by atoms with E-state index < -0.39 is 0 Å². The molecule has 0 heterocycles. The number of benzene rings is 1. The number of nitrogens with zero attached hydrogens (tertiary/aromatic N) is 1. The van der Waals surface area contributed by atoms with Gasteiger partial charge in [-0.05, 0) is 31.9 Å². The molecule has 0 aliphatic carbocycles. The van der Waals surface area contributed by atoms with Crippen molar-refractivity contribution in [1.29, 1.82) is 0 Å². The molecular formula is C12H20N2. The first-order chi connectivity index (χ1) is 6.70. The highest BCUT2D eigenvalue weighted by molar-refractivity contribution is 5.71. The minimum Gasteiger partial charge on any atom is -0.397 e. The second-order valence-electron chi connectivity index (χ2n) is 3.59. The van der Waals surface area contributed by atoms with Gasteiger partial charge >= 0.3 is 0 Å². The Balaban J connectivity index is 3.02. The van der Waals surface area contributed by atoms with Gasteiger partial charge in [0.2, 0.25) is 0 Å². The molecule has 0 bridgehead atoms. The molecule has 0 amide bonds. The second-order valence-corrected chi connectivity index (χ2v) is 3.59. The zero-order valence-electron chi connectivity index (χ0n) is 9.38. The van der Waals surface area contributed by atoms with Gasteiger partial charge in [0.25, 0.3) is 0 Å². The zero-order chi connectivity index (χ0) is 10.6. The summed E-state index contributed by atoms with van der Waals surface area (Å²) in [6.07, 6.45) is 1.15. The Bertz CT molecular complexity index is 274. The lowest BCUT2D eigenvalue weighted by Crippen LogP contribution is -2.25. The number of hydrogen-bond donors (Lipinski definition) is 1. The fraction of sp³-hybridized carbons (Fsp3) is 0.500. The summed E-state index contributed by atoms with van der Waals surface area (Å²) in [6, 6.07) is 6.10. The van der Waals surface area contributed by atoms with Gasteiger partial charge in [-0.3, -0.25) is 0 Å². The molecule has 0 aliphatic rings. The second kappa shape index (κ2) is 4.89. The van der Waals surface area contributed by atoms with Crippen molar-refractivity contribution in [3.05, 3.63) is 23.8 Å². The molecule has 78 valence electrons. The van der Waals surface area contributed by atoms with E-state index in [2.05, 4.69) is 31.7 Å². The van der Waals surface area contributed by atoms with E-state index in [4.69, 9.17) is 5.73 Å². The summed E-state index contributed by atoms with van der Waals surface area (Å²) in [6.45, 7) is 8.57. The number of rotatable bonds is 4. The Morgan fingerprint density at radius 1 is 1.29 bits per heavy atom. The predicted octanol–water partition coefficient (Wildman–Crippen LogP) is 2.81. The lowest BCUT2D eigenvalue weighted by atomic mass is 10.1. The highest BCUT2D eigenvalue weighted by Crippen LogP contribution is 2.27. The predicted molar refractivity (Wildman–Crippen MR) is 63.8 cm³/mol. The van der Waals surface area contributed by atoms with Crippen LogP contribution in [0.5, 0.6) is 0 Å². The van der Waals surface area contributed by atoms with Gasteiger partial charge in [-0.25, -0.2) is 0 Å². The van der Waals surface area contributed by atoms with Crippen LogP contribution < -0.4 is 10.6 Å². The number of aryl methyl sites for hydroxylation is 1. The molecule has 1 aromatic carbocycles. The van der Waals surface area contributed by atoms with Gasteiger partial charge < -0.3 is 10.6 Å². The molecule has 0 aliphatic heterocycles. The molecule has 0 atom stereocenters. The normalized spacial score (nSPS) is 10.2. The molecule has 0 radical (unpaired) electrons. The Morgan fingerprint density at radius 2 is 2.00 bits per heavy atom. The summed E-state index contributed by atoms with van der Waals surface area (Å²) in [7, 11) is 0. The Hall–Kier alpha value is -1.18. The standard InChI is InChI=1S/C12H20N2/c1-4-9-14(5-2)12-10(3)7-6-8-11(12)13/h6-8H,4-5,9,13H2,1-3H3. The van der Waals surface area contributed by atoms with E-state index in [0.717, 1.165) is 25.2 Å². The highest BCUT2D eigenvalue weighted by atomic mass is 15.1. The molecule has 14 heavy (non-hydrogen) atoms. The van der Waals surface area contributed by atoms with Gasteiger partial charge in [-0.2, -0.15) is 0 Å². The summed E-state index contributed by atoms with van der Waals surface area (Å²) in [5.41, 5.74) is 9.35.